The van der Waals surface area contributed by atoms with Crippen molar-refractivity contribution in [1.29, 1.82) is 0 Å². The van der Waals surface area contributed by atoms with Crippen LogP contribution in [0.5, 0.6) is 0 Å². The number of aryl methyl sites for hydroxylation is 1. The van der Waals surface area contributed by atoms with Crippen LogP contribution in [0.1, 0.15) is 38.5 Å². The summed E-state index contributed by atoms with van der Waals surface area (Å²) >= 11 is 5.72. The van der Waals surface area contributed by atoms with E-state index in [4.69, 9.17) is 16.3 Å². The summed E-state index contributed by atoms with van der Waals surface area (Å²) in [7, 11) is 1.29. The normalized spacial score (nSPS) is 10.6. The maximum atomic E-state index is 13.3. The van der Waals surface area contributed by atoms with Gasteiger partial charge >= 0.3 is 11.9 Å². The fourth-order valence-electron chi connectivity index (χ4n) is 2.70. The molecule has 0 fully saturated rings. The van der Waals surface area contributed by atoms with Gasteiger partial charge in [0.15, 0.2) is 18.2 Å². The second-order valence-electron chi connectivity index (χ2n) is 6.01. The van der Waals surface area contributed by atoms with Gasteiger partial charge in [0.2, 0.25) is 5.78 Å². The minimum Gasteiger partial charge on any atom is -0.469 e. The Hall–Kier alpha value is -2.74. The van der Waals surface area contributed by atoms with Crippen LogP contribution in [0, 0.1) is 25.5 Å². The molecule has 0 saturated heterocycles. The topological polar surface area (TPSA) is 74.6 Å². The molecule has 1 aromatic heterocycles. The van der Waals surface area contributed by atoms with Crippen LogP contribution in [0.15, 0.2) is 18.2 Å². The second-order valence-corrected chi connectivity index (χ2v) is 6.42. The van der Waals surface area contributed by atoms with Gasteiger partial charge < -0.3 is 14.0 Å². The molecule has 150 valence electrons. The van der Waals surface area contributed by atoms with E-state index in [1.807, 2.05) is 0 Å². The van der Waals surface area contributed by atoms with Crippen LogP contribution in [0.25, 0.3) is 0 Å². The van der Waals surface area contributed by atoms with Crippen LogP contribution < -0.4 is 0 Å². The van der Waals surface area contributed by atoms with Crippen LogP contribution in [0.4, 0.5) is 8.78 Å². The number of aromatic nitrogens is 1. The highest BCUT2D eigenvalue weighted by Crippen LogP contribution is 2.21. The van der Waals surface area contributed by atoms with Gasteiger partial charge in [0, 0.05) is 23.5 Å². The number of rotatable bonds is 7. The van der Waals surface area contributed by atoms with E-state index >= 15 is 0 Å². The molecule has 0 radical (unpaired) electrons. The average Bonchev–Trinajstić information content (AvgIpc) is 2.94. The molecule has 0 atom stereocenters. The van der Waals surface area contributed by atoms with Crippen LogP contribution >= 0.6 is 11.6 Å². The third-order valence-corrected chi connectivity index (χ3v) is 4.52. The van der Waals surface area contributed by atoms with Crippen LogP contribution in [-0.4, -0.2) is 36.0 Å². The van der Waals surface area contributed by atoms with Gasteiger partial charge in [-0.05, 0) is 32.0 Å². The highest BCUT2D eigenvalue weighted by Gasteiger charge is 2.20. The number of esters is 2. The van der Waals surface area contributed by atoms with Crippen molar-refractivity contribution in [3.05, 3.63) is 57.4 Å². The molecule has 0 unspecified atom stereocenters. The summed E-state index contributed by atoms with van der Waals surface area (Å²) in [6, 6.07) is 2.89. The molecular weight excluding hydrogens is 396 g/mol. The quantitative estimate of drug-likeness (QED) is 0.393. The van der Waals surface area contributed by atoms with Gasteiger partial charge in [-0.15, -0.1) is 0 Å². The molecule has 0 aliphatic heterocycles. The zero-order chi connectivity index (χ0) is 21.0. The number of ketones is 1. The summed E-state index contributed by atoms with van der Waals surface area (Å²) in [4.78, 5) is 35.8. The van der Waals surface area contributed by atoms with Gasteiger partial charge in [-0.2, -0.15) is 0 Å². The Morgan fingerprint density at radius 3 is 2.36 bits per heavy atom. The fraction of sp³-hybridized carbons (Fsp3) is 0.316. The number of carbonyl (C=O) groups is 3. The Morgan fingerprint density at radius 2 is 1.71 bits per heavy atom. The van der Waals surface area contributed by atoms with Crippen molar-refractivity contribution in [2.75, 3.05) is 13.7 Å². The SMILES string of the molecule is COC(=O)CCn1c(C)cc(C(=O)COC(=O)c2cc(F)c(F)cc2Cl)c1C. The molecule has 0 amide bonds. The highest BCUT2D eigenvalue weighted by molar-refractivity contribution is 6.33. The molecule has 28 heavy (non-hydrogen) atoms. The third kappa shape index (κ3) is 4.75. The first-order valence-corrected chi connectivity index (χ1v) is 8.62. The smallest absolute Gasteiger partial charge is 0.340 e. The summed E-state index contributed by atoms with van der Waals surface area (Å²) in [6.07, 6.45) is 0.143. The Bertz CT molecular complexity index is 939. The number of ether oxygens (including phenoxy) is 2. The van der Waals surface area contributed by atoms with E-state index in [1.54, 1.807) is 24.5 Å². The minimum atomic E-state index is -1.25. The lowest BCUT2D eigenvalue weighted by Crippen LogP contribution is -2.16. The van der Waals surface area contributed by atoms with E-state index < -0.39 is 30.0 Å². The number of hydrogen-bond donors (Lipinski definition) is 0. The van der Waals surface area contributed by atoms with Crippen molar-refractivity contribution in [3.63, 3.8) is 0 Å². The van der Waals surface area contributed by atoms with E-state index in [9.17, 15) is 23.2 Å². The van der Waals surface area contributed by atoms with Crippen molar-refractivity contribution in [2.24, 2.45) is 0 Å². The number of halogens is 3. The van der Waals surface area contributed by atoms with Gasteiger partial charge in [-0.3, -0.25) is 9.59 Å². The Kier molecular flexibility index (Phi) is 6.90. The standard InChI is InChI=1S/C19H18ClF2NO5/c1-10-6-12(11(2)23(10)5-4-18(25)27-3)17(24)9-28-19(26)13-7-15(21)16(22)8-14(13)20/h6-8H,4-5,9H2,1-3H3. The third-order valence-electron chi connectivity index (χ3n) is 4.21. The molecule has 0 aliphatic rings. The number of Topliss-reactive ketones (excluding diaryl/α,β-unsaturated/α-hetero) is 1. The van der Waals surface area contributed by atoms with Crippen LogP contribution in [0.3, 0.4) is 0 Å². The van der Waals surface area contributed by atoms with Gasteiger partial charge in [0.1, 0.15) is 0 Å². The van der Waals surface area contributed by atoms with E-state index in [-0.39, 0.29) is 23.0 Å². The largest absolute Gasteiger partial charge is 0.469 e. The molecule has 0 spiro atoms. The first kappa shape index (κ1) is 21.6. The molecule has 2 rings (SSSR count). The number of methoxy groups -OCH3 is 1. The molecule has 6 nitrogen and oxygen atoms in total. The lowest BCUT2D eigenvalue weighted by molar-refractivity contribution is -0.140. The van der Waals surface area contributed by atoms with E-state index in [2.05, 4.69) is 4.74 Å². The molecule has 2 aromatic rings. The predicted octanol–water partition coefficient (Wildman–Crippen LogP) is 3.64. The molecule has 0 aliphatic carbocycles. The first-order valence-electron chi connectivity index (χ1n) is 8.24. The number of nitrogens with zero attached hydrogens (tertiary/aromatic N) is 1. The monoisotopic (exact) mass is 413 g/mol. The Morgan fingerprint density at radius 1 is 1.07 bits per heavy atom. The minimum absolute atomic E-state index is 0.143. The summed E-state index contributed by atoms with van der Waals surface area (Å²) < 4.78 is 37.6. The van der Waals surface area contributed by atoms with Gasteiger partial charge in [0.05, 0.1) is 24.1 Å². The molecular formula is C19H18ClF2NO5. The first-order chi connectivity index (χ1) is 13.1. The maximum Gasteiger partial charge on any atom is 0.340 e. The molecule has 0 saturated carbocycles. The molecule has 1 aromatic carbocycles. The summed E-state index contributed by atoms with van der Waals surface area (Å²) in [5.74, 6) is -4.35. The lowest BCUT2D eigenvalue weighted by atomic mass is 10.1. The maximum absolute atomic E-state index is 13.3. The zero-order valence-electron chi connectivity index (χ0n) is 15.5. The summed E-state index contributed by atoms with van der Waals surface area (Å²) in [6.45, 7) is 3.21. The Labute approximate surface area is 165 Å². The van der Waals surface area contributed by atoms with Crippen LogP contribution in [0.2, 0.25) is 5.02 Å². The number of benzene rings is 1. The van der Waals surface area contributed by atoms with Gasteiger partial charge in [-0.1, -0.05) is 11.6 Å². The summed E-state index contributed by atoms with van der Waals surface area (Å²) in [5.41, 5.74) is 1.30. The zero-order valence-corrected chi connectivity index (χ0v) is 16.2. The van der Waals surface area contributed by atoms with Crippen LogP contribution in [-0.2, 0) is 20.8 Å². The van der Waals surface area contributed by atoms with E-state index in [0.29, 0.717) is 29.9 Å². The van der Waals surface area contributed by atoms with E-state index in [0.717, 1.165) is 5.69 Å². The highest BCUT2D eigenvalue weighted by atomic mass is 35.5. The number of hydrogen-bond acceptors (Lipinski definition) is 5. The second kappa shape index (κ2) is 8.97. The molecule has 0 N–H and O–H groups in total. The average molecular weight is 414 g/mol. The van der Waals surface area contributed by atoms with Crippen molar-refractivity contribution >= 4 is 29.3 Å². The molecule has 9 heteroatoms. The number of carbonyl (C=O) groups excluding carboxylic acids is 3. The summed E-state index contributed by atoms with van der Waals surface area (Å²) in [5, 5.41) is -0.322. The van der Waals surface area contributed by atoms with Gasteiger partial charge in [-0.25, -0.2) is 13.6 Å². The van der Waals surface area contributed by atoms with E-state index in [1.165, 1.54) is 7.11 Å². The lowest BCUT2D eigenvalue weighted by Gasteiger charge is -2.09. The molecule has 1 heterocycles. The van der Waals surface area contributed by atoms with Gasteiger partial charge in [0.25, 0.3) is 0 Å². The van der Waals surface area contributed by atoms with Crippen molar-refractivity contribution in [2.45, 2.75) is 26.8 Å². The predicted molar refractivity (Wildman–Crippen MR) is 96.5 cm³/mol. The van der Waals surface area contributed by atoms with Crippen molar-refractivity contribution in [3.8, 4) is 0 Å². The fourth-order valence-corrected chi connectivity index (χ4v) is 2.93. The van der Waals surface area contributed by atoms with Crippen molar-refractivity contribution in [1.82, 2.24) is 4.57 Å². The molecule has 0 bridgehead atoms. The Balaban J connectivity index is 2.08. The van der Waals surface area contributed by atoms with Crippen molar-refractivity contribution < 1.29 is 32.6 Å².